The third kappa shape index (κ3) is 4.18. The van der Waals surface area contributed by atoms with Crippen molar-refractivity contribution in [3.8, 4) is 44.9 Å². The monoisotopic (exact) mass is 803 g/mol. The minimum Gasteiger partial charge on any atom is -0.457 e. The number of anilines is 3. The van der Waals surface area contributed by atoms with Gasteiger partial charge in [-0.15, -0.1) is 0 Å². The van der Waals surface area contributed by atoms with Crippen LogP contribution in [0.25, 0.3) is 44.2 Å². The maximum atomic E-state index is 6.77. The first-order valence-electron chi connectivity index (χ1n) is 21.6. The highest BCUT2D eigenvalue weighted by molar-refractivity contribution is 7.24. The van der Waals surface area contributed by atoms with Gasteiger partial charge in [0.1, 0.15) is 11.5 Å². The Morgan fingerprint density at radius 3 is 1.74 bits per heavy atom. The van der Waals surface area contributed by atoms with E-state index in [1.165, 1.54) is 93.1 Å². The maximum Gasteiger partial charge on any atom is 0.182 e. The Hall–Kier alpha value is -7.72. The predicted octanol–water partition coefficient (Wildman–Crippen LogP) is 12.1. The van der Waals surface area contributed by atoms with Gasteiger partial charge in [0, 0.05) is 16.8 Å². The van der Waals surface area contributed by atoms with Crippen molar-refractivity contribution < 1.29 is 4.74 Å². The van der Waals surface area contributed by atoms with E-state index in [1.54, 1.807) is 0 Å². The molecule has 10 aromatic carbocycles. The summed E-state index contributed by atoms with van der Waals surface area (Å²) in [6, 6.07) is 84.1. The van der Waals surface area contributed by atoms with Gasteiger partial charge in [0.25, 0.3) is 0 Å². The number of nitrogens with zero attached hydrogens (tertiary/aromatic N) is 1. The molecule has 4 aliphatic rings. The van der Waals surface area contributed by atoms with E-state index >= 15 is 0 Å². The molecule has 0 aliphatic carbocycles. The highest BCUT2D eigenvalue weighted by Crippen LogP contribution is 2.63. The molecule has 4 aliphatic heterocycles. The summed E-state index contributed by atoms with van der Waals surface area (Å²) in [6.07, 6.45) is 0. The van der Waals surface area contributed by atoms with E-state index in [-0.39, 0.29) is 0 Å². The molecule has 2 nitrogen and oxygen atoms in total. The molecule has 4 heterocycles. The van der Waals surface area contributed by atoms with Gasteiger partial charge in [0.15, 0.2) is 8.07 Å². The largest absolute Gasteiger partial charge is 0.457 e. The molecule has 14 rings (SSSR count). The average Bonchev–Trinajstić information content (AvgIpc) is 3.81. The molecule has 0 radical (unpaired) electrons. The molecule has 3 heteroatoms. The zero-order valence-corrected chi connectivity index (χ0v) is 34.7. The average molecular weight is 804 g/mol. The highest BCUT2D eigenvalue weighted by Gasteiger charge is 2.55. The lowest BCUT2D eigenvalue weighted by molar-refractivity contribution is 0.434. The van der Waals surface area contributed by atoms with Gasteiger partial charge in [0.2, 0.25) is 0 Å². The molecule has 62 heavy (non-hydrogen) atoms. The van der Waals surface area contributed by atoms with Crippen molar-refractivity contribution in [2.45, 2.75) is 5.41 Å². The van der Waals surface area contributed by atoms with Crippen molar-refractivity contribution in [2.24, 2.45) is 0 Å². The third-order valence-electron chi connectivity index (χ3n) is 14.3. The van der Waals surface area contributed by atoms with Crippen LogP contribution >= 0.6 is 0 Å². The third-order valence-corrected chi connectivity index (χ3v) is 19.3. The number of ether oxygens (including phenoxy) is 1. The summed E-state index contributed by atoms with van der Waals surface area (Å²) in [4.78, 5) is 2.56. The second-order valence-corrected chi connectivity index (χ2v) is 20.7. The SMILES string of the molecule is c1ccc(-c2ccc3c(c2)C2(c4ccccc4Oc4ccccc42)c2ccccc2N3c2ccc3c(c2)[Si]2(c4ccccc4-c4ccccc42)c2ccc4ccccc4c2-3)cc1. The summed E-state index contributed by atoms with van der Waals surface area (Å²) in [7, 11) is -2.78. The molecule has 0 atom stereocenters. The van der Waals surface area contributed by atoms with Crippen LogP contribution in [0.2, 0.25) is 0 Å². The Balaban J connectivity index is 1.10. The Bertz CT molecular complexity index is 3440. The molecule has 0 N–H and O–H groups in total. The Morgan fingerprint density at radius 2 is 0.984 bits per heavy atom. The van der Waals surface area contributed by atoms with Crippen molar-refractivity contribution in [1.29, 1.82) is 0 Å². The van der Waals surface area contributed by atoms with Gasteiger partial charge in [-0.1, -0.05) is 182 Å². The van der Waals surface area contributed by atoms with Gasteiger partial charge in [-0.25, -0.2) is 0 Å². The first kappa shape index (κ1) is 34.0. The van der Waals surface area contributed by atoms with Crippen LogP contribution in [0.5, 0.6) is 11.5 Å². The van der Waals surface area contributed by atoms with Gasteiger partial charge in [-0.2, -0.15) is 0 Å². The second kappa shape index (κ2) is 12.4. The summed E-state index contributed by atoms with van der Waals surface area (Å²) >= 11 is 0. The standard InChI is InChI=1S/C59H37NOSi/c1-2-16-38(17-3-1)40-30-34-51-49(36-40)59(47-23-9-12-26-52(47)61-53-27-13-10-24-48(53)59)46-22-8-11-25-50(46)60(51)41-32-33-45-57(37-41)62(56-35-31-39-18-4-5-19-42(39)58(45)56)54-28-14-6-20-43(54)44-21-7-15-29-55(44)62/h1-37H. The van der Waals surface area contributed by atoms with Gasteiger partial charge >= 0.3 is 0 Å². The van der Waals surface area contributed by atoms with Crippen LogP contribution in [0, 0.1) is 0 Å². The van der Waals surface area contributed by atoms with E-state index in [0.717, 1.165) is 22.6 Å². The summed E-state index contributed by atoms with van der Waals surface area (Å²) in [6.45, 7) is 0. The highest BCUT2D eigenvalue weighted by atomic mass is 28.3. The smallest absolute Gasteiger partial charge is 0.182 e. The van der Waals surface area contributed by atoms with E-state index in [1.807, 2.05) is 0 Å². The van der Waals surface area contributed by atoms with Gasteiger partial charge in [-0.05, 0) is 118 Å². The number of hydrogen-bond donors (Lipinski definition) is 0. The topological polar surface area (TPSA) is 12.5 Å². The van der Waals surface area contributed by atoms with Gasteiger partial charge in [0.05, 0.1) is 16.8 Å². The molecule has 2 spiro atoms. The van der Waals surface area contributed by atoms with E-state index in [4.69, 9.17) is 4.74 Å². The molecule has 0 aromatic heterocycles. The van der Waals surface area contributed by atoms with Crippen molar-refractivity contribution >= 4 is 56.7 Å². The molecule has 0 saturated heterocycles. The molecule has 0 unspecified atom stereocenters. The molecule has 10 aromatic rings. The number of benzene rings is 10. The summed E-state index contributed by atoms with van der Waals surface area (Å²) in [5.74, 6) is 1.78. The fourth-order valence-corrected chi connectivity index (χ4v) is 17.6. The van der Waals surface area contributed by atoms with Crippen LogP contribution in [0.1, 0.15) is 22.3 Å². The lowest BCUT2D eigenvalue weighted by Gasteiger charge is -2.48. The van der Waals surface area contributed by atoms with Crippen LogP contribution in [-0.4, -0.2) is 8.07 Å². The predicted molar refractivity (Wildman–Crippen MR) is 258 cm³/mol. The molecule has 288 valence electrons. The first-order chi connectivity index (χ1) is 30.8. The Labute approximate surface area is 361 Å². The zero-order chi connectivity index (χ0) is 40.6. The van der Waals surface area contributed by atoms with Crippen molar-refractivity contribution in [2.75, 3.05) is 4.90 Å². The Morgan fingerprint density at radius 1 is 0.371 bits per heavy atom. The molecule has 0 amide bonds. The van der Waals surface area contributed by atoms with E-state index < -0.39 is 13.5 Å². The molecule has 0 bridgehead atoms. The van der Waals surface area contributed by atoms with E-state index in [0.29, 0.717) is 0 Å². The van der Waals surface area contributed by atoms with Gasteiger partial charge < -0.3 is 9.64 Å². The van der Waals surface area contributed by atoms with Crippen molar-refractivity contribution in [1.82, 2.24) is 0 Å². The van der Waals surface area contributed by atoms with Crippen molar-refractivity contribution in [3.05, 3.63) is 247 Å². The quantitative estimate of drug-likeness (QED) is 0.161. The number of para-hydroxylation sites is 3. The fourth-order valence-electron chi connectivity index (χ4n) is 12.0. The van der Waals surface area contributed by atoms with Crippen LogP contribution in [0.4, 0.5) is 17.1 Å². The van der Waals surface area contributed by atoms with Gasteiger partial charge in [-0.3, -0.25) is 0 Å². The lowest BCUT2D eigenvalue weighted by Crippen LogP contribution is -2.70. The second-order valence-electron chi connectivity index (χ2n) is 17.1. The molecular weight excluding hydrogens is 767 g/mol. The maximum absolute atomic E-state index is 6.77. The van der Waals surface area contributed by atoms with Crippen molar-refractivity contribution in [3.63, 3.8) is 0 Å². The van der Waals surface area contributed by atoms with Crippen LogP contribution in [0.3, 0.4) is 0 Å². The van der Waals surface area contributed by atoms with Crippen LogP contribution < -0.4 is 30.4 Å². The summed E-state index contributed by atoms with van der Waals surface area (Å²) < 4.78 is 6.77. The Kier molecular flexibility index (Phi) is 6.82. The minimum atomic E-state index is -2.78. The summed E-state index contributed by atoms with van der Waals surface area (Å²) in [5, 5.41) is 8.51. The van der Waals surface area contributed by atoms with E-state index in [9.17, 15) is 0 Å². The fraction of sp³-hybridized carbons (Fsp3) is 0.0169. The molecule has 0 fully saturated rings. The molecule has 0 saturated carbocycles. The van der Waals surface area contributed by atoms with E-state index in [2.05, 4.69) is 229 Å². The number of fused-ring (bicyclic) bond motifs is 20. The lowest BCUT2D eigenvalue weighted by atomic mass is 9.61. The minimum absolute atomic E-state index is 0.649. The number of rotatable bonds is 2. The first-order valence-corrected chi connectivity index (χ1v) is 23.6. The van der Waals surface area contributed by atoms with Crippen LogP contribution in [0.15, 0.2) is 224 Å². The summed E-state index contributed by atoms with van der Waals surface area (Å²) in [5.41, 5.74) is 15.5. The number of hydrogen-bond acceptors (Lipinski definition) is 2. The zero-order valence-electron chi connectivity index (χ0n) is 33.7. The molecular formula is C59H37NOSi. The normalized spacial score (nSPS) is 14.8. The van der Waals surface area contributed by atoms with Crippen LogP contribution in [-0.2, 0) is 5.41 Å².